The molecular weight excluding hydrogens is 405 g/mol. The van der Waals surface area contributed by atoms with Gasteiger partial charge in [-0.3, -0.25) is 4.99 Å². The molecule has 0 radical (unpaired) electrons. The van der Waals surface area contributed by atoms with E-state index >= 15 is 0 Å². The van der Waals surface area contributed by atoms with Crippen LogP contribution in [0.5, 0.6) is 0 Å². The fourth-order valence-electron chi connectivity index (χ4n) is 3.14. The maximum atomic E-state index is 5.74. The van der Waals surface area contributed by atoms with Gasteiger partial charge >= 0.3 is 0 Å². The monoisotopic (exact) mass is 437 g/mol. The van der Waals surface area contributed by atoms with Crippen molar-refractivity contribution in [2.24, 2.45) is 4.99 Å². The van der Waals surface area contributed by atoms with Gasteiger partial charge in [-0.1, -0.05) is 11.6 Å². The van der Waals surface area contributed by atoms with Gasteiger partial charge in [0, 0.05) is 53.3 Å². The summed E-state index contributed by atoms with van der Waals surface area (Å²) in [6.07, 6.45) is 10.6. The first-order valence-electron chi connectivity index (χ1n) is 8.53. The zero-order chi connectivity index (χ0) is 15.7. The molecule has 0 bridgehead atoms. The van der Waals surface area contributed by atoms with E-state index in [0.717, 1.165) is 51.5 Å². The highest BCUT2D eigenvalue weighted by atomic mass is 127. The molecule has 0 saturated carbocycles. The van der Waals surface area contributed by atoms with Gasteiger partial charge in [0.15, 0.2) is 5.96 Å². The quantitative estimate of drug-likeness (QED) is 0.291. The van der Waals surface area contributed by atoms with Crippen LogP contribution in [0.15, 0.2) is 16.6 Å². The normalized spacial score (nSPS) is 21.1. The van der Waals surface area contributed by atoms with E-state index in [1.807, 2.05) is 7.05 Å². The largest absolute Gasteiger partial charge is 0.381 e. The van der Waals surface area contributed by atoms with Crippen LogP contribution in [-0.2, 0) is 9.47 Å². The number of aliphatic imine (C=N–C) groups is 1. The van der Waals surface area contributed by atoms with Crippen LogP contribution >= 0.6 is 24.0 Å². The maximum Gasteiger partial charge on any atom is 0.191 e. The molecule has 1 fully saturated rings. The zero-order valence-electron chi connectivity index (χ0n) is 14.5. The number of guanidine groups is 1. The van der Waals surface area contributed by atoms with Crippen LogP contribution in [0.2, 0.25) is 0 Å². The number of methoxy groups -OCH3 is 1. The Morgan fingerprint density at radius 1 is 1.30 bits per heavy atom. The van der Waals surface area contributed by atoms with E-state index in [1.165, 1.54) is 25.7 Å². The van der Waals surface area contributed by atoms with E-state index in [0.29, 0.717) is 0 Å². The van der Waals surface area contributed by atoms with Gasteiger partial charge in [-0.25, -0.2) is 0 Å². The summed E-state index contributed by atoms with van der Waals surface area (Å²) in [5, 5.41) is 6.82. The minimum atomic E-state index is -0.123. The number of nitrogens with zero attached hydrogens (tertiary/aromatic N) is 1. The minimum absolute atomic E-state index is 0. The molecule has 23 heavy (non-hydrogen) atoms. The number of hydrogen-bond acceptors (Lipinski definition) is 3. The van der Waals surface area contributed by atoms with Crippen molar-refractivity contribution in [2.75, 3.05) is 40.5 Å². The van der Waals surface area contributed by atoms with E-state index in [4.69, 9.17) is 9.47 Å². The van der Waals surface area contributed by atoms with Crippen molar-refractivity contribution in [3.63, 3.8) is 0 Å². The Kier molecular flexibility index (Phi) is 10.1. The van der Waals surface area contributed by atoms with Gasteiger partial charge in [-0.2, -0.15) is 0 Å². The second-order valence-electron chi connectivity index (χ2n) is 6.21. The van der Waals surface area contributed by atoms with Crippen LogP contribution in [0.3, 0.4) is 0 Å². The van der Waals surface area contributed by atoms with Gasteiger partial charge in [0.1, 0.15) is 0 Å². The number of rotatable bonds is 6. The summed E-state index contributed by atoms with van der Waals surface area (Å²) in [5.41, 5.74) is 1.47. The van der Waals surface area contributed by atoms with Crippen LogP contribution in [-0.4, -0.2) is 52.0 Å². The Hall–Kier alpha value is -0.340. The van der Waals surface area contributed by atoms with Crippen molar-refractivity contribution in [2.45, 2.75) is 50.5 Å². The van der Waals surface area contributed by atoms with Gasteiger partial charge in [0.2, 0.25) is 0 Å². The highest BCUT2D eigenvalue weighted by Gasteiger charge is 2.32. The third-order valence-electron chi connectivity index (χ3n) is 4.76. The van der Waals surface area contributed by atoms with E-state index in [1.54, 1.807) is 12.7 Å². The highest BCUT2D eigenvalue weighted by Crippen LogP contribution is 2.23. The molecule has 1 saturated heterocycles. The van der Waals surface area contributed by atoms with E-state index < -0.39 is 0 Å². The lowest BCUT2D eigenvalue weighted by molar-refractivity contribution is -0.0855. The lowest BCUT2D eigenvalue weighted by Crippen LogP contribution is -2.50. The summed E-state index contributed by atoms with van der Waals surface area (Å²) in [5.74, 6) is 0.860. The van der Waals surface area contributed by atoms with E-state index in [9.17, 15) is 0 Å². The molecule has 0 amide bonds. The molecule has 134 valence electrons. The molecule has 5 nitrogen and oxygen atoms in total. The van der Waals surface area contributed by atoms with Crippen LogP contribution in [0.1, 0.15) is 44.9 Å². The fourth-order valence-corrected chi connectivity index (χ4v) is 3.14. The third-order valence-corrected chi connectivity index (χ3v) is 4.76. The molecule has 6 heteroatoms. The zero-order valence-corrected chi connectivity index (χ0v) is 16.9. The summed E-state index contributed by atoms with van der Waals surface area (Å²) in [6.45, 7) is 3.26. The predicted molar refractivity (Wildman–Crippen MR) is 106 cm³/mol. The van der Waals surface area contributed by atoms with Gasteiger partial charge in [0.05, 0.1) is 5.60 Å². The number of hydrogen-bond donors (Lipinski definition) is 2. The Labute approximate surface area is 157 Å². The molecule has 0 spiro atoms. The van der Waals surface area contributed by atoms with E-state index in [-0.39, 0.29) is 29.6 Å². The minimum Gasteiger partial charge on any atom is -0.381 e. The van der Waals surface area contributed by atoms with Crippen LogP contribution in [0.25, 0.3) is 0 Å². The molecule has 2 N–H and O–H groups in total. The van der Waals surface area contributed by atoms with Gasteiger partial charge < -0.3 is 20.1 Å². The molecule has 0 aromatic heterocycles. The topological polar surface area (TPSA) is 54.9 Å². The molecule has 1 heterocycles. The molecule has 0 atom stereocenters. The molecule has 0 aromatic rings. The van der Waals surface area contributed by atoms with Crippen molar-refractivity contribution in [3.05, 3.63) is 11.6 Å². The molecule has 1 aliphatic heterocycles. The Balaban J connectivity index is 0.00000264. The Morgan fingerprint density at radius 2 is 2.09 bits per heavy atom. The van der Waals surface area contributed by atoms with Gasteiger partial charge in [-0.15, -0.1) is 24.0 Å². The second-order valence-corrected chi connectivity index (χ2v) is 6.21. The second kappa shape index (κ2) is 11.3. The van der Waals surface area contributed by atoms with Crippen LogP contribution in [0.4, 0.5) is 0 Å². The average molecular weight is 437 g/mol. The smallest absolute Gasteiger partial charge is 0.191 e. The molecular formula is C17H32IN3O2. The average Bonchev–Trinajstić information content (AvgIpc) is 2.59. The Morgan fingerprint density at radius 3 is 2.70 bits per heavy atom. The first-order valence-corrected chi connectivity index (χ1v) is 8.53. The van der Waals surface area contributed by atoms with Gasteiger partial charge in [-0.05, 0) is 32.1 Å². The van der Waals surface area contributed by atoms with Crippen LogP contribution in [0, 0.1) is 0 Å². The lowest BCUT2D eigenvalue weighted by Gasteiger charge is -2.36. The van der Waals surface area contributed by atoms with Crippen molar-refractivity contribution in [1.29, 1.82) is 0 Å². The predicted octanol–water partition coefficient (Wildman–Crippen LogP) is 2.86. The maximum absolute atomic E-state index is 5.74. The third kappa shape index (κ3) is 6.97. The first kappa shape index (κ1) is 20.7. The van der Waals surface area contributed by atoms with Gasteiger partial charge in [0.25, 0.3) is 0 Å². The SMILES string of the molecule is CN=C(NCCC1=CCCCC1)NCC1(OC)CCOCC1.I. The van der Waals surface area contributed by atoms with E-state index in [2.05, 4.69) is 21.7 Å². The number of halogens is 1. The lowest BCUT2D eigenvalue weighted by atomic mass is 9.94. The number of allylic oxidation sites excluding steroid dienone is 1. The standard InChI is InChI=1S/C17H31N3O2.HI/c1-18-16(19-11-8-15-6-4-3-5-7-15)20-14-17(21-2)9-12-22-13-10-17;/h6H,3-5,7-14H2,1-2H3,(H2,18,19,20);1H. The van der Waals surface area contributed by atoms with Crippen molar-refractivity contribution >= 4 is 29.9 Å². The highest BCUT2D eigenvalue weighted by molar-refractivity contribution is 14.0. The summed E-state index contributed by atoms with van der Waals surface area (Å²) in [4.78, 5) is 4.31. The summed E-state index contributed by atoms with van der Waals surface area (Å²) < 4.78 is 11.2. The molecule has 2 aliphatic rings. The van der Waals surface area contributed by atoms with Crippen LogP contribution < -0.4 is 10.6 Å². The first-order chi connectivity index (χ1) is 10.8. The number of ether oxygens (including phenoxy) is 2. The van der Waals surface area contributed by atoms with Crippen molar-refractivity contribution in [3.8, 4) is 0 Å². The summed E-state index contributed by atoms with van der Waals surface area (Å²) >= 11 is 0. The van der Waals surface area contributed by atoms with Crippen molar-refractivity contribution in [1.82, 2.24) is 10.6 Å². The number of nitrogens with one attached hydrogen (secondary N) is 2. The molecule has 1 aliphatic carbocycles. The van der Waals surface area contributed by atoms with Crippen molar-refractivity contribution < 1.29 is 9.47 Å². The Bertz CT molecular complexity index is 393. The molecule has 2 rings (SSSR count). The summed E-state index contributed by atoms with van der Waals surface area (Å²) in [6, 6.07) is 0. The molecule has 0 aromatic carbocycles. The summed E-state index contributed by atoms with van der Waals surface area (Å²) in [7, 11) is 3.61. The fraction of sp³-hybridized carbons (Fsp3) is 0.824. The molecule has 0 unspecified atom stereocenters.